The summed E-state index contributed by atoms with van der Waals surface area (Å²) in [7, 11) is 0. The van der Waals surface area contributed by atoms with Gasteiger partial charge in [0.2, 0.25) is 5.88 Å². The highest BCUT2D eigenvalue weighted by molar-refractivity contribution is 5.85. The van der Waals surface area contributed by atoms with Gasteiger partial charge in [-0.3, -0.25) is 9.36 Å². The molecule has 1 heterocycles. The van der Waals surface area contributed by atoms with E-state index in [4.69, 9.17) is 0 Å². The third-order valence-corrected chi connectivity index (χ3v) is 4.95. The molecule has 1 N–H and O–H groups in total. The van der Waals surface area contributed by atoms with E-state index in [1.807, 2.05) is 78.9 Å². The van der Waals surface area contributed by atoms with Crippen LogP contribution in [0, 0.1) is 18.3 Å². The number of nitrogens with zero attached hydrogens (tertiary/aromatic N) is 4. The molecule has 0 aliphatic rings. The van der Waals surface area contributed by atoms with Crippen molar-refractivity contribution < 1.29 is 5.11 Å². The van der Waals surface area contributed by atoms with Crippen LogP contribution in [0.4, 0.5) is 11.4 Å². The van der Waals surface area contributed by atoms with E-state index in [0.29, 0.717) is 11.3 Å². The summed E-state index contributed by atoms with van der Waals surface area (Å²) in [4.78, 5) is 13.1. The van der Waals surface area contributed by atoms with E-state index < -0.39 is 5.56 Å². The van der Waals surface area contributed by atoms with Gasteiger partial charge in [-0.25, -0.2) is 0 Å². The molecule has 0 atom stereocenters. The molecule has 0 amide bonds. The molecule has 1 aromatic heterocycles. The molecule has 3 aromatic carbocycles. The summed E-state index contributed by atoms with van der Waals surface area (Å²) in [5.74, 6) is -0.367. The maximum atomic E-state index is 13.1. The second kappa shape index (κ2) is 8.02. The van der Waals surface area contributed by atoms with Crippen LogP contribution >= 0.6 is 0 Å². The molecular formula is C24H18N4O2. The number of aromatic nitrogens is 1. The van der Waals surface area contributed by atoms with Crippen molar-refractivity contribution in [3.8, 4) is 11.9 Å². The first kappa shape index (κ1) is 19.1. The third-order valence-electron chi connectivity index (χ3n) is 4.95. The van der Waals surface area contributed by atoms with Crippen LogP contribution in [0.5, 0.6) is 5.88 Å². The Balaban J connectivity index is 1.80. The molecule has 0 saturated heterocycles. The lowest BCUT2D eigenvalue weighted by Crippen LogP contribution is -2.22. The lowest BCUT2D eigenvalue weighted by atomic mass is 10.1. The number of hydrogen-bond acceptors (Lipinski definition) is 5. The lowest BCUT2D eigenvalue weighted by molar-refractivity contribution is 0.412. The Morgan fingerprint density at radius 3 is 2.40 bits per heavy atom. The van der Waals surface area contributed by atoms with Gasteiger partial charge in [0.15, 0.2) is 5.69 Å². The Bertz CT molecular complexity index is 1370. The molecule has 0 unspecified atom stereocenters. The minimum absolute atomic E-state index is 0.0120. The molecule has 4 aromatic rings. The Morgan fingerprint density at radius 2 is 1.67 bits per heavy atom. The summed E-state index contributed by atoms with van der Waals surface area (Å²) in [6.45, 7) is 1.71. The summed E-state index contributed by atoms with van der Waals surface area (Å²) in [5.41, 5.74) is 1.26. The van der Waals surface area contributed by atoms with Crippen LogP contribution in [0.25, 0.3) is 10.8 Å². The smallest absolute Gasteiger partial charge is 0.281 e. The zero-order valence-electron chi connectivity index (χ0n) is 16.3. The second-order valence-electron chi connectivity index (χ2n) is 6.89. The molecular weight excluding hydrogens is 376 g/mol. The summed E-state index contributed by atoms with van der Waals surface area (Å²) < 4.78 is 1.15. The van der Waals surface area contributed by atoms with E-state index in [0.717, 1.165) is 20.9 Å². The second-order valence-corrected chi connectivity index (χ2v) is 6.89. The Morgan fingerprint density at radius 1 is 0.967 bits per heavy atom. The first-order chi connectivity index (χ1) is 14.6. The minimum Gasteiger partial charge on any atom is -0.493 e. The quantitative estimate of drug-likeness (QED) is 0.473. The number of azo groups is 1. The van der Waals surface area contributed by atoms with Gasteiger partial charge in [0.1, 0.15) is 11.6 Å². The third kappa shape index (κ3) is 3.56. The molecule has 0 radical (unpaired) electrons. The van der Waals surface area contributed by atoms with Crippen molar-refractivity contribution >= 4 is 22.1 Å². The highest BCUT2D eigenvalue weighted by Crippen LogP contribution is 2.28. The van der Waals surface area contributed by atoms with Crippen LogP contribution in [0.15, 0.2) is 87.8 Å². The predicted octanol–water partition coefficient (Wildman–Crippen LogP) is 5.35. The minimum atomic E-state index is -0.502. The van der Waals surface area contributed by atoms with Crippen LogP contribution in [-0.4, -0.2) is 9.67 Å². The fourth-order valence-corrected chi connectivity index (χ4v) is 3.32. The molecule has 30 heavy (non-hydrogen) atoms. The number of nitriles is 1. The Hall–Kier alpha value is -4.24. The molecule has 4 rings (SSSR count). The van der Waals surface area contributed by atoms with Crippen molar-refractivity contribution in [2.45, 2.75) is 13.5 Å². The number of aromatic hydroxyl groups is 1. The van der Waals surface area contributed by atoms with Gasteiger partial charge in [-0.05, 0) is 35.4 Å². The van der Waals surface area contributed by atoms with Gasteiger partial charge >= 0.3 is 0 Å². The Labute approximate surface area is 173 Å². The zero-order valence-corrected chi connectivity index (χ0v) is 16.3. The molecule has 146 valence electrons. The summed E-state index contributed by atoms with van der Waals surface area (Å²) in [5, 5.41) is 30.5. The monoisotopic (exact) mass is 394 g/mol. The summed E-state index contributed by atoms with van der Waals surface area (Å²) in [6, 6.07) is 24.7. The van der Waals surface area contributed by atoms with Gasteiger partial charge < -0.3 is 5.11 Å². The van der Waals surface area contributed by atoms with Crippen molar-refractivity contribution in [2.24, 2.45) is 10.2 Å². The Kier molecular flexibility index (Phi) is 5.10. The topological polar surface area (TPSA) is 90.7 Å². The number of pyridine rings is 1. The van der Waals surface area contributed by atoms with Crippen LogP contribution in [0.2, 0.25) is 0 Å². The number of hydrogen-bond donors (Lipinski definition) is 1. The maximum absolute atomic E-state index is 13.1. The van der Waals surface area contributed by atoms with Gasteiger partial charge in [-0.15, -0.1) is 5.11 Å². The van der Waals surface area contributed by atoms with E-state index in [2.05, 4.69) is 10.2 Å². The average molecular weight is 394 g/mol. The highest BCUT2D eigenvalue weighted by Gasteiger charge is 2.19. The molecule has 6 heteroatoms. The molecule has 0 fully saturated rings. The SMILES string of the molecule is Cc1c(C#N)c(O)n(Cc2ccccc2)c(=O)c1N=Nc1ccc2ccccc2c1. The van der Waals surface area contributed by atoms with E-state index >= 15 is 0 Å². The maximum Gasteiger partial charge on any atom is 0.281 e. The largest absolute Gasteiger partial charge is 0.493 e. The zero-order chi connectivity index (χ0) is 21.1. The highest BCUT2D eigenvalue weighted by atomic mass is 16.3. The number of benzene rings is 3. The van der Waals surface area contributed by atoms with Crippen LogP contribution in [-0.2, 0) is 6.54 Å². The summed E-state index contributed by atoms with van der Waals surface area (Å²) in [6.07, 6.45) is 0. The van der Waals surface area contributed by atoms with Gasteiger partial charge in [0, 0.05) is 5.56 Å². The van der Waals surface area contributed by atoms with Crippen molar-refractivity contribution in [3.63, 3.8) is 0 Å². The van der Waals surface area contributed by atoms with Crippen LogP contribution in [0.3, 0.4) is 0 Å². The molecule has 0 aliphatic carbocycles. The predicted molar refractivity (Wildman–Crippen MR) is 115 cm³/mol. The molecule has 0 saturated carbocycles. The van der Waals surface area contributed by atoms with Gasteiger partial charge in [-0.1, -0.05) is 60.7 Å². The first-order valence-electron chi connectivity index (χ1n) is 9.39. The van der Waals surface area contributed by atoms with Gasteiger partial charge in [-0.2, -0.15) is 10.4 Å². The van der Waals surface area contributed by atoms with Crippen molar-refractivity contribution in [1.82, 2.24) is 4.57 Å². The lowest BCUT2D eigenvalue weighted by Gasteiger charge is -2.13. The van der Waals surface area contributed by atoms with Crippen molar-refractivity contribution in [2.75, 3.05) is 0 Å². The molecule has 0 aliphatic heterocycles. The first-order valence-corrected chi connectivity index (χ1v) is 9.39. The van der Waals surface area contributed by atoms with Crippen molar-refractivity contribution in [1.29, 1.82) is 5.26 Å². The molecule has 6 nitrogen and oxygen atoms in total. The number of rotatable bonds is 4. The van der Waals surface area contributed by atoms with Crippen LogP contribution in [0.1, 0.15) is 16.7 Å². The van der Waals surface area contributed by atoms with E-state index in [1.54, 1.807) is 6.92 Å². The standard InChI is InChI=1S/C24H18N4O2/c1-16-21(14-25)23(29)28(15-17-7-3-2-4-8-17)24(30)22(16)27-26-20-12-11-18-9-5-6-10-19(18)13-20/h2-13,29H,15H2,1H3. The van der Waals surface area contributed by atoms with E-state index in [1.165, 1.54) is 0 Å². The summed E-state index contributed by atoms with van der Waals surface area (Å²) >= 11 is 0. The van der Waals surface area contributed by atoms with E-state index in [-0.39, 0.29) is 23.7 Å². The van der Waals surface area contributed by atoms with E-state index in [9.17, 15) is 15.2 Å². The molecule has 0 bridgehead atoms. The van der Waals surface area contributed by atoms with Crippen molar-refractivity contribution in [3.05, 3.63) is 99.8 Å². The fourth-order valence-electron chi connectivity index (χ4n) is 3.32. The fraction of sp³-hybridized carbons (Fsp3) is 0.0833. The van der Waals surface area contributed by atoms with Gasteiger partial charge in [0.05, 0.1) is 12.2 Å². The average Bonchev–Trinajstić information content (AvgIpc) is 2.77. The number of fused-ring (bicyclic) bond motifs is 1. The van der Waals surface area contributed by atoms with Gasteiger partial charge in [0.25, 0.3) is 5.56 Å². The molecule has 0 spiro atoms. The van der Waals surface area contributed by atoms with Crippen LogP contribution < -0.4 is 5.56 Å². The normalized spacial score (nSPS) is 11.1.